The summed E-state index contributed by atoms with van der Waals surface area (Å²) in [7, 11) is 0. The number of fused-ring (bicyclic) bond motifs is 1. The van der Waals surface area contributed by atoms with Crippen LogP contribution in [0.15, 0.2) is 36.3 Å². The Bertz CT molecular complexity index is 732. The molecule has 1 aromatic carbocycles. The first kappa shape index (κ1) is 15.8. The van der Waals surface area contributed by atoms with Crippen molar-refractivity contribution in [3.8, 4) is 6.07 Å². The van der Waals surface area contributed by atoms with E-state index in [0.717, 1.165) is 56.8 Å². The first-order valence-corrected chi connectivity index (χ1v) is 9.08. The highest BCUT2D eigenvalue weighted by Gasteiger charge is 2.37. The van der Waals surface area contributed by atoms with E-state index in [1.165, 1.54) is 6.42 Å². The summed E-state index contributed by atoms with van der Waals surface area (Å²) in [6.45, 7) is 4.08. The van der Waals surface area contributed by atoms with Gasteiger partial charge < -0.3 is 4.90 Å². The first-order chi connectivity index (χ1) is 12.3. The molecule has 4 rings (SSSR count). The molecule has 130 valence electrons. The number of hydrogen-bond acceptors (Lipinski definition) is 4. The zero-order valence-corrected chi connectivity index (χ0v) is 14.4. The average molecular weight is 337 g/mol. The first-order valence-electron chi connectivity index (χ1n) is 9.08. The Morgan fingerprint density at radius 2 is 1.80 bits per heavy atom. The fourth-order valence-corrected chi connectivity index (χ4v) is 3.87. The number of amides is 2. The molecule has 0 aromatic heterocycles. The Kier molecular flexibility index (Phi) is 4.22. The number of benzene rings is 1. The summed E-state index contributed by atoms with van der Waals surface area (Å²) >= 11 is 0. The number of rotatable bonds is 3. The van der Waals surface area contributed by atoms with Gasteiger partial charge in [-0.05, 0) is 37.3 Å². The van der Waals surface area contributed by atoms with Gasteiger partial charge in [0.05, 0.1) is 24.4 Å². The Morgan fingerprint density at radius 3 is 2.60 bits per heavy atom. The molecule has 2 fully saturated rings. The lowest BCUT2D eigenvalue weighted by Gasteiger charge is -2.44. The summed E-state index contributed by atoms with van der Waals surface area (Å²) in [6.07, 6.45) is 6.70. The summed E-state index contributed by atoms with van der Waals surface area (Å²) in [5, 5.41) is 13.3. The van der Waals surface area contributed by atoms with E-state index >= 15 is 0 Å². The monoisotopic (exact) mass is 337 g/mol. The van der Waals surface area contributed by atoms with Crippen LogP contribution in [0.25, 0.3) is 0 Å². The van der Waals surface area contributed by atoms with Gasteiger partial charge in [-0.1, -0.05) is 18.2 Å². The standard InChI is InChI=1S/C19H23N5O/c20-13-16-7-2-3-8-17(16)14-23-18(21-9-4-1-5-10-21)15-22-11-6-12-24(22)19(23)25/h2-3,7-8,15H,1,4-6,9-12,14H2. The van der Waals surface area contributed by atoms with Crippen LogP contribution in [0.3, 0.4) is 0 Å². The van der Waals surface area contributed by atoms with Crippen molar-refractivity contribution in [2.75, 3.05) is 26.2 Å². The van der Waals surface area contributed by atoms with Crippen LogP contribution < -0.4 is 0 Å². The molecule has 6 nitrogen and oxygen atoms in total. The summed E-state index contributed by atoms with van der Waals surface area (Å²) in [4.78, 5) is 17.3. The van der Waals surface area contributed by atoms with E-state index in [9.17, 15) is 10.1 Å². The normalized spacial score (nSPS) is 20.4. The van der Waals surface area contributed by atoms with Crippen LogP contribution in [0.2, 0.25) is 0 Å². The summed E-state index contributed by atoms with van der Waals surface area (Å²) in [6, 6.07) is 9.82. The minimum absolute atomic E-state index is 0.0216. The minimum Gasteiger partial charge on any atom is -0.357 e. The second kappa shape index (κ2) is 6.67. The lowest BCUT2D eigenvalue weighted by atomic mass is 10.1. The van der Waals surface area contributed by atoms with E-state index in [4.69, 9.17) is 0 Å². The zero-order valence-electron chi connectivity index (χ0n) is 14.4. The molecular weight excluding hydrogens is 314 g/mol. The van der Waals surface area contributed by atoms with Crippen LogP contribution in [-0.2, 0) is 6.54 Å². The van der Waals surface area contributed by atoms with Crippen molar-refractivity contribution >= 4 is 6.03 Å². The van der Waals surface area contributed by atoms with Gasteiger partial charge in [0.15, 0.2) is 0 Å². The van der Waals surface area contributed by atoms with Crippen molar-refractivity contribution in [3.63, 3.8) is 0 Å². The maximum atomic E-state index is 13.1. The van der Waals surface area contributed by atoms with E-state index in [2.05, 4.69) is 22.2 Å². The van der Waals surface area contributed by atoms with Gasteiger partial charge in [0.1, 0.15) is 5.82 Å². The number of piperidine rings is 1. The van der Waals surface area contributed by atoms with Gasteiger partial charge in [-0.3, -0.25) is 9.91 Å². The van der Waals surface area contributed by atoms with Crippen LogP contribution in [0.1, 0.15) is 36.8 Å². The second-order valence-corrected chi connectivity index (χ2v) is 6.81. The quantitative estimate of drug-likeness (QED) is 0.851. The second-order valence-electron chi connectivity index (χ2n) is 6.81. The average Bonchev–Trinajstić information content (AvgIpc) is 3.14. The Balaban J connectivity index is 1.68. The topological polar surface area (TPSA) is 53.8 Å². The van der Waals surface area contributed by atoms with Crippen LogP contribution in [0.4, 0.5) is 4.79 Å². The van der Waals surface area contributed by atoms with Gasteiger partial charge >= 0.3 is 6.03 Å². The molecule has 2 amide bonds. The van der Waals surface area contributed by atoms with E-state index in [1.807, 2.05) is 34.2 Å². The molecule has 0 spiro atoms. The Morgan fingerprint density at radius 1 is 1.00 bits per heavy atom. The largest absolute Gasteiger partial charge is 0.357 e. The molecule has 0 atom stereocenters. The molecule has 0 radical (unpaired) electrons. The molecular formula is C19H23N5O. The Labute approximate surface area is 148 Å². The predicted octanol–water partition coefficient (Wildman–Crippen LogP) is 2.70. The third-order valence-electron chi connectivity index (χ3n) is 5.21. The molecule has 3 aliphatic rings. The van der Waals surface area contributed by atoms with E-state index < -0.39 is 0 Å². The van der Waals surface area contributed by atoms with Gasteiger partial charge in [0, 0.05) is 26.2 Å². The van der Waals surface area contributed by atoms with Crippen molar-refractivity contribution in [1.29, 1.82) is 5.26 Å². The Hall–Kier alpha value is -2.68. The van der Waals surface area contributed by atoms with Crippen molar-refractivity contribution in [2.45, 2.75) is 32.2 Å². The maximum Gasteiger partial charge on any atom is 0.344 e. The molecule has 0 aliphatic carbocycles. The fraction of sp³-hybridized carbons (Fsp3) is 0.474. The SMILES string of the molecule is N#Cc1ccccc1CN1C(=O)N2CCCN2C=C1N1CCCCC1. The van der Waals surface area contributed by atoms with Crippen LogP contribution in [0.5, 0.6) is 0 Å². The highest BCUT2D eigenvalue weighted by atomic mass is 16.2. The maximum absolute atomic E-state index is 13.1. The van der Waals surface area contributed by atoms with Crippen molar-refractivity contribution < 1.29 is 4.79 Å². The third kappa shape index (κ3) is 2.91. The van der Waals surface area contributed by atoms with E-state index in [0.29, 0.717) is 12.1 Å². The van der Waals surface area contributed by atoms with Crippen molar-refractivity contribution in [1.82, 2.24) is 19.8 Å². The molecule has 0 unspecified atom stereocenters. The highest BCUT2D eigenvalue weighted by Crippen LogP contribution is 2.29. The van der Waals surface area contributed by atoms with Gasteiger partial charge in [0.2, 0.25) is 0 Å². The lowest BCUT2D eigenvalue weighted by Crippen LogP contribution is -2.54. The molecule has 1 aromatic rings. The fourth-order valence-electron chi connectivity index (χ4n) is 3.87. The molecule has 25 heavy (non-hydrogen) atoms. The summed E-state index contributed by atoms with van der Waals surface area (Å²) in [5.74, 6) is 0.982. The van der Waals surface area contributed by atoms with Crippen LogP contribution in [0, 0.1) is 11.3 Å². The van der Waals surface area contributed by atoms with Crippen molar-refractivity contribution in [3.05, 3.63) is 47.4 Å². The summed E-state index contributed by atoms with van der Waals surface area (Å²) in [5.41, 5.74) is 1.53. The number of urea groups is 1. The number of likely N-dealkylation sites (tertiary alicyclic amines) is 1. The number of carbonyl (C=O) groups excluding carboxylic acids is 1. The molecule has 2 saturated heterocycles. The van der Waals surface area contributed by atoms with Crippen LogP contribution >= 0.6 is 0 Å². The molecule has 0 saturated carbocycles. The number of hydrazine groups is 1. The molecule has 6 heteroatoms. The van der Waals surface area contributed by atoms with Gasteiger partial charge in [-0.15, -0.1) is 0 Å². The predicted molar refractivity (Wildman–Crippen MR) is 93.6 cm³/mol. The van der Waals surface area contributed by atoms with Gasteiger partial charge in [0.25, 0.3) is 0 Å². The number of nitrogens with zero attached hydrogens (tertiary/aromatic N) is 5. The van der Waals surface area contributed by atoms with Gasteiger partial charge in [-0.2, -0.15) is 5.26 Å². The number of hydrogen-bond donors (Lipinski definition) is 0. The lowest BCUT2D eigenvalue weighted by molar-refractivity contribution is 0.0459. The molecule has 3 aliphatic heterocycles. The number of nitriles is 1. The van der Waals surface area contributed by atoms with Crippen molar-refractivity contribution in [2.24, 2.45) is 0 Å². The van der Waals surface area contributed by atoms with E-state index in [1.54, 1.807) is 0 Å². The number of carbonyl (C=O) groups is 1. The van der Waals surface area contributed by atoms with Crippen LogP contribution in [-0.4, -0.2) is 52.0 Å². The van der Waals surface area contributed by atoms with E-state index in [-0.39, 0.29) is 6.03 Å². The molecule has 0 bridgehead atoms. The molecule has 0 N–H and O–H groups in total. The highest BCUT2D eigenvalue weighted by molar-refractivity contribution is 5.77. The summed E-state index contributed by atoms with van der Waals surface area (Å²) < 4.78 is 0. The smallest absolute Gasteiger partial charge is 0.344 e. The van der Waals surface area contributed by atoms with Gasteiger partial charge in [-0.25, -0.2) is 9.80 Å². The zero-order chi connectivity index (χ0) is 17.2. The minimum atomic E-state index is 0.0216. The third-order valence-corrected chi connectivity index (χ3v) is 5.21. The molecule has 3 heterocycles.